The zero-order valence-corrected chi connectivity index (χ0v) is 10.8. The van der Waals surface area contributed by atoms with Crippen molar-refractivity contribution in [2.24, 2.45) is 0 Å². The molecule has 1 aromatic rings. The SMILES string of the molecule is O=C(NC[C@@H]1CCCO1)c1cc(Br)ccc1F. The highest BCUT2D eigenvalue weighted by Crippen LogP contribution is 2.16. The van der Waals surface area contributed by atoms with Crippen LogP contribution in [-0.2, 0) is 4.74 Å². The number of carbonyl (C=O) groups is 1. The lowest BCUT2D eigenvalue weighted by atomic mass is 10.2. The van der Waals surface area contributed by atoms with Crippen molar-refractivity contribution in [3.05, 3.63) is 34.1 Å². The Labute approximate surface area is 107 Å². The summed E-state index contributed by atoms with van der Waals surface area (Å²) in [6.07, 6.45) is 2.03. The van der Waals surface area contributed by atoms with E-state index in [0.29, 0.717) is 11.0 Å². The van der Waals surface area contributed by atoms with E-state index in [9.17, 15) is 9.18 Å². The average molecular weight is 302 g/mol. The largest absolute Gasteiger partial charge is 0.376 e. The van der Waals surface area contributed by atoms with E-state index in [1.807, 2.05) is 0 Å². The molecular formula is C12H13BrFNO2. The Bertz CT molecular complexity index is 419. The second-order valence-electron chi connectivity index (χ2n) is 3.97. The maximum absolute atomic E-state index is 13.4. The molecule has 0 aromatic heterocycles. The van der Waals surface area contributed by atoms with Crippen molar-refractivity contribution in [2.45, 2.75) is 18.9 Å². The van der Waals surface area contributed by atoms with Crippen molar-refractivity contribution in [3.8, 4) is 0 Å². The quantitative estimate of drug-likeness (QED) is 0.931. The monoisotopic (exact) mass is 301 g/mol. The molecule has 0 bridgehead atoms. The first kappa shape index (κ1) is 12.5. The van der Waals surface area contributed by atoms with Crippen molar-refractivity contribution >= 4 is 21.8 Å². The lowest BCUT2D eigenvalue weighted by Crippen LogP contribution is -2.32. The summed E-state index contributed by atoms with van der Waals surface area (Å²) >= 11 is 3.21. The summed E-state index contributed by atoms with van der Waals surface area (Å²) in [6.45, 7) is 1.18. The Balaban J connectivity index is 1.96. The van der Waals surface area contributed by atoms with Crippen LogP contribution in [0.5, 0.6) is 0 Å². The summed E-state index contributed by atoms with van der Waals surface area (Å²) in [4.78, 5) is 11.7. The smallest absolute Gasteiger partial charge is 0.254 e. The summed E-state index contributed by atoms with van der Waals surface area (Å²) in [5.74, 6) is -0.919. The van der Waals surface area contributed by atoms with E-state index >= 15 is 0 Å². The van der Waals surface area contributed by atoms with Gasteiger partial charge in [0.1, 0.15) is 5.82 Å². The number of benzene rings is 1. The van der Waals surface area contributed by atoms with E-state index < -0.39 is 11.7 Å². The van der Waals surface area contributed by atoms with Gasteiger partial charge in [0.05, 0.1) is 11.7 Å². The summed E-state index contributed by atoms with van der Waals surface area (Å²) in [6, 6.07) is 4.30. The maximum atomic E-state index is 13.4. The number of halogens is 2. The van der Waals surface area contributed by atoms with E-state index in [-0.39, 0.29) is 11.7 Å². The minimum atomic E-state index is -0.516. The molecule has 1 aromatic carbocycles. The summed E-state index contributed by atoms with van der Waals surface area (Å²) in [7, 11) is 0. The second kappa shape index (κ2) is 5.60. The predicted molar refractivity (Wildman–Crippen MR) is 65.4 cm³/mol. The van der Waals surface area contributed by atoms with Crippen LogP contribution in [0.4, 0.5) is 4.39 Å². The Morgan fingerprint density at radius 2 is 2.41 bits per heavy atom. The Morgan fingerprint density at radius 3 is 3.12 bits per heavy atom. The molecule has 1 N–H and O–H groups in total. The number of hydrogen-bond donors (Lipinski definition) is 1. The van der Waals surface area contributed by atoms with Gasteiger partial charge < -0.3 is 10.1 Å². The van der Waals surface area contributed by atoms with E-state index in [1.165, 1.54) is 12.1 Å². The molecule has 1 heterocycles. The summed E-state index contributed by atoms with van der Waals surface area (Å²) in [5.41, 5.74) is 0.0531. The lowest BCUT2D eigenvalue weighted by molar-refractivity contribution is 0.0854. The number of rotatable bonds is 3. The van der Waals surface area contributed by atoms with Crippen molar-refractivity contribution in [1.29, 1.82) is 0 Å². The molecule has 1 aliphatic heterocycles. The Kier molecular flexibility index (Phi) is 4.12. The molecule has 92 valence electrons. The van der Waals surface area contributed by atoms with Gasteiger partial charge in [-0.05, 0) is 31.0 Å². The van der Waals surface area contributed by atoms with Gasteiger partial charge in [-0.25, -0.2) is 4.39 Å². The molecular weight excluding hydrogens is 289 g/mol. The van der Waals surface area contributed by atoms with E-state index in [4.69, 9.17) is 4.74 Å². The van der Waals surface area contributed by atoms with E-state index in [0.717, 1.165) is 19.4 Å². The molecule has 0 unspecified atom stereocenters. The minimum absolute atomic E-state index is 0.0531. The van der Waals surface area contributed by atoms with Gasteiger partial charge in [-0.15, -0.1) is 0 Å². The molecule has 2 rings (SSSR count). The van der Waals surface area contributed by atoms with Crippen LogP contribution in [0.1, 0.15) is 23.2 Å². The van der Waals surface area contributed by atoms with Crippen LogP contribution in [0.3, 0.4) is 0 Å². The molecule has 1 atom stereocenters. The predicted octanol–water partition coefficient (Wildman–Crippen LogP) is 2.50. The van der Waals surface area contributed by atoms with Crippen LogP contribution in [0.15, 0.2) is 22.7 Å². The Morgan fingerprint density at radius 1 is 1.59 bits per heavy atom. The van der Waals surface area contributed by atoms with Crippen molar-refractivity contribution in [3.63, 3.8) is 0 Å². The van der Waals surface area contributed by atoms with Crippen LogP contribution in [0.2, 0.25) is 0 Å². The molecule has 0 saturated carbocycles. The van der Waals surface area contributed by atoms with Crippen LogP contribution in [0.25, 0.3) is 0 Å². The van der Waals surface area contributed by atoms with Gasteiger partial charge in [0.15, 0.2) is 0 Å². The highest BCUT2D eigenvalue weighted by atomic mass is 79.9. The van der Waals surface area contributed by atoms with Gasteiger partial charge in [-0.2, -0.15) is 0 Å². The van der Waals surface area contributed by atoms with Gasteiger partial charge in [-0.1, -0.05) is 15.9 Å². The third-order valence-corrected chi connectivity index (χ3v) is 3.18. The molecule has 0 spiro atoms. The first-order chi connectivity index (χ1) is 8.16. The van der Waals surface area contributed by atoms with Gasteiger partial charge in [0, 0.05) is 17.6 Å². The molecule has 1 saturated heterocycles. The van der Waals surface area contributed by atoms with Crippen LogP contribution in [0, 0.1) is 5.82 Å². The zero-order valence-electron chi connectivity index (χ0n) is 9.21. The average Bonchev–Trinajstić information content (AvgIpc) is 2.82. The molecule has 1 fully saturated rings. The fourth-order valence-electron chi connectivity index (χ4n) is 1.78. The van der Waals surface area contributed by atoms with Crippen molar-refractivity contribution in [1.82, 2.24) is 5.32 Å². The molecule has 5 heteroatoms. The number of amides is 1. The molecule has 1 aliphatic rings. The third kappa shape index (κ3) is 3.26. The summed E-state index contributed by atoms with van der Waals surface area (Å²) in [5, 5.41) is 2.68. The van der Waals surface area contributed by atoms with E-state index in [1.54, 1.807) is 6.07 Å². The molecule has 1 amide bonds. The number of hydrogen-bond acceptors (Lipinski definition) is 2. The summed E-state index contributed by atoms with van der Waals surface area (Å²) < 4.78 is 19.5. The number of ether oxygens (including phenoxy) is 1. The van der Waals surface area contributed by atoms with Crippen LogP contribution < -0.4 is 5.32 Å². The second-order valence-corrected chi connectivity index (χ2v) is 4.88. The van der Waals surface area contributed by atoms with Crippen molar-refractivity contribution < 1.29 is 13.9 Å². The van der Waals surface area contributed by atoms with Crippen LogP contribution in [-0.4, -0.2) is 25.2 Å². The van der Waals surface area contributed by atoms with Gasteiger partial charge in [0.25, 0.3) is 5.91 Å². The third-order valence-electron chi connectivity index (χ3n) is 2.69. The topological polar surface area (TPSA) is 38.3 Å². The van der Waals surface area contributed by atoms with E-state index in [2.05, 4.69) is 21.2 Å². The Hall–Kier alpha value is -0.940. The molecule has 0 radical (unpaired) electrons. The fourth-order valence-corrected chi connectivity index (χ4v) is 2.14. The van der Waals surface area contributed by atoms with Crippen LogP contribution >= 0.6 is 15.9 Å². The fraction of sp³-hybridized carbons (Fsp3) is 0.417. The standard InChI is InChI=1S/C12H13BrFNO2/c13-8-3-4-11(14)10(6-8)12(16)15-7-9-2-1-5-17-9/h3-4,6,9H,1-2,5,7H2,(H,15,16)/t9-/m0/s1. The first-order valence-corrected chi connectivity index (χ1v) is 6.31. The number of carbonyl (C=O) groups excluding carboxylic acids is 1. The minimum Gasteiger partial charge on any atom is -0.376 e. The van der Waals surface area contributed by atoms with Gasteiger partial charge in [0.2, 0.25) is 0 Å². The highest BCUT2D eigenvalue weighted by molar-refractivity contribution is 9.10. The highest BCUT2D eigenvalue weighted by Gasteiger charge is 2.18. The van der Waals surface area contributed by atoms with Gasteiger partial charge >= 0.3 is 0 Å². The van der Waals surface area contributed by atoms with Crippen molar-refractivity contribution in [2.75, 3.05) is 13.2 Å². The molecule has 3 nitrogen and oxygen atoms in total. The van der Waals surface area contributed by atoms with Gasteiger partial charge in [-0.3, -0.25) is 4.79 Å². The molecule has 17 heavy (non-hydrogen) atoms. The maximum Gasteiger partial charge on any atom is 0.254 e. The normalized spacial score (nSPS) is 19.3. The first-order valence-electron chi connectivity index (χ1n) is 5.51. The lowest BCUT2D eigenvalue weighted by Gasteiger charge is -2.11. The number of nitrogens with one attached hydrogen (secondary N) is 1. The zero-order chi connectivity index (χ0) is 12.3. The molecule has 0 aliphatic carbocycles.